The first-order chi connectivity index (χ1) is 7.58. The molecule has 2 rings (SSSR count). The summed E-state index contributed by atoms with van der Waals surface area (Å²) in [5, 5.41) is 0.810. The van der Waals surface area contributed by atoms with E-state index in [1.165, 1.54) is 0 Å². The van der Waals surface area contributed by atoms with Crippen LogP contribution in [-0.2, 0) is 9.53 Å². The van der Waals surface area contributed by atoms with Gasteiger partial charge in [-0.3, -0.25) is 0 Å². The molecule has 0 bridgehead atoms. The lowest BCUT2D eigenvalue weighted by atomic mass is 10.1. The first-order valence-corrected chi connectivity index (χ1v) is 5.46. The van der Waals surface area contributed by atoms with Crippen molar-refractivity contribution in [3.63, 3.8) is 0 Å². The van der Waals surface area contributed by atoms with Gasteiger partial charge in [0.1, 0.15) is 0 Å². The minimum absolute atomic E-state index is 0.300. The quantitative estimate of drug-likeness (QED) is 0.478. The molecule has 1 aliphatic rings. The third kappa shape index (κ3) is 2.15. The lowest BCUT2D eigenvalue weighted by Gasteiger charge is -2.03. The van der Waals surface area contributed by atoms with E-state index < -0.39 is 0 Å². The summed E-state index contributed by atoms with van der Waals surface area (Å²) in [5.74, 6) is -0.300. The van der Waals surface area contributed by atoms with Crippen molar-refractivity contribution in [3.05, 3.63) is 33.3 Å². The van der Waals surface area contributed by atoms with Gasteiger partial charge in [-0.1, -0.05) is 23.2 Å². The lowest BCUT2D eigenvalue weighted by Crippen LogP contribution is -1.96. The van der Waals surface area contributed by atoms with Crippen LogP contribution in [0.5, 0.6) is 0 Å². The van der Waals surface area contributed by atoms with Crippen LogP contribution in [-0.4, -0.2) is 12.6 Å². The van der Waals surface area contributed by atoms with Gasteiger partial charge in [0, 0.05) is 17.7 Å². The van der Waals surface area contributed by atoms with Crippen molar-refractivity contribution in [1.82, 2.24) is 0 Å². The number of esters is 1. The topological polar surface area (TPSA) is 52.3 Å². The molecule has 1 aromatic carbocycles. The zero-order valence-electron chi connectivity index (χ0n) is 8.30. The number of anilines is 1. The van der Waals surface area contributed by atoms with Crippen LogP contribution in [0.15, 0.2) is 17.7 Å². The first-order valence-electron chi connectivity index (χ1n) is 4.70. The second-order valence-electron chi connectivity index (χ2n) is 3.45. The Morgan fingerprint density at radius 2 is 2.00 bits per heavy atom. The molecule has 0 atom stereocenters. The Bertz CT molecular complexity index is 483. The van der Waals surface area contributed by atoms with Crippen LogP contribution in [0.3, 0.4) is 0 Å². The number of rotatable bonds is 1. The Morgan fingerprint density at radius 1 is 1.31 bits per heavy atom. The number of nitrogens with two attached hydrogens (primary N) is 1. The summed E-state index contributed by atoms with van der Waals surface area (Å²) < 4.78 is 4.82. The summed E-state index contributed by atoms with van der Waals surface area (Å²) in [6.45, 7) is 0.423. The van der Waals surface area contributed by atoms with Crippen LogP contribution in [0.25, 0.3) is 6.08 Å². The Morgan fingerprint density at radius 3 is 2.62 bits per heavy atom. The highest BCUT2D eigenvalue weighted by Gasteiger charge is 2.18. The standard InChI is InChI=1S/C11H9Cl2NO2/c12-8-4-7(10(14)5-9(8)13)3-6-1-2-16-11(6)15/h3-5H,1-2,14H2. The predicted octanol–water partition coefficient (Wildman–Crippen LogP) is 2.91. The van der Waals surface area contributed by atoms with Gasteiger partial charge >= 0.3 is 5.97 Å². The van der Waals surface area contributed by atoms with Crippen LogP contribution in [0.1, 0.15) is 12.0 Å². The van der Waals surface area contributed by atoms with E-state index in [9.17, 15) is 4.79 Å². The molecule has 3 nitrogen and oxygen atoms in total. The maximum atomic E-state index is 11.3. The monoisotopic (exact) mass is 257 g/mol. The molecule has 5 heteroatoms. The predicted molar refractivity (Wildman–Crippen MR) is 64.4 cm³/mol. The van der Waals surface area contributed by atoms with Gasteiger partial charge in [-0.05, 0) is 23.8 Å². The van der Waals surface area contributed by atoms with E-state index in [0.717, 1.165) is 0 Å². The summed E-state index contributed by atoms with van der Waals surface area (Å²) in [7, 11) is 0. The van der Waals surface area contributed by atoms with E-state index in [1.807, 2.05) is 0 Å². The molecule has 1 fully saturated rings. The summed E-state index contributed by atoms with van der Waals surface area (Å²) in [4.78, 5) is 11.3. The van der Waals surface area contributed by atoms with Gasteiger partial charge in [-0.2, -0.15) is 0 Å². The lowest BCUT2D eigenvalue weighted by molar-refractivity contribution is -0.134. The van der Waals surface area contributed by atoms with Gasteiger partial charge in [-0.15, -0.1) is 0 Å². The van der Waals surface area contributed by atoms with E-state index in [2.05, 4.69) is 0 Å². The maximum absolute atomic E-state index is 11.3. The zero-order chi connectivity index (χ0) is 11.7. The Hall–Kier alpha value is -1.19. The smallest absolute Gasteiger partial charge is 0.334 e. The molecule has 84 valence electrons. The van der Waals surface area contributed by atoms with Crippen LogP contribution < -0.4 is 5.73 Å². The van der Waals surface area contributed by atoms with Crippen molar-refractivity contribution in [2.75, 3.05) is 12.3 Å². The van der Waals surface area contributed by atoms with Crippen LogP contribution in [0.4, 0.5) is 5.69 Å². The molecule has 0 radical (unpaired) electrons. The molecule has 0 spiro atoms. The Labute approximate surface area is 103 Å². The molecule has 0 aromatic heterocycles. The average molecular weight is 258 g/mol. The molecule has 2 N–H and O–H groups in total. The molecule has 1 heterocycles. The number of carbonyl (C=O) groups excluding carboxylic acids is 1. The molecule has 1 aromatic rings. The number of carbonyl (C=O) groups is 1. The molecule has 0 unspecified atom stereocenters. The molecular formula is C11H9Cl2NO2. The molecule has 1 saturated heterocycles. The van der Waals surface area contributed by atoms with Crippen molar-refractivity contribution in [1.29, 1.82) is 0 Å². The Balaban J connectivity index is 2.41. The number of hydrogen-bond donors (Lipinski definition) is 1. The number of ether oxygens (including phenoxy) is 1. The molecule has 1 aliphatic heterocycles. The van der Waals surface area contributed by atoms with E-state index in [0.29, 0.717) is 39.9 Å². The molecule has 0 amide bonds. The van der Waals surface area contributed by atoms with Crippen molar-refractivity contribution in [2.24, 2.45) is 0 Å². The van der Waals surface area contributed by atoms with Crippen molar-refractivity contribution >= 4 is 40.9 Å². The normalized spacial score (nSPS) is 17.9. The fourth-order valence-corrected chi connectivity index (χ4v) is 1.81. The van der Waals surface area contributed by atoms with E-state index in [-0.39, 0.29) is 5.97 Å². The molecule has 16 heavy (non-hydrogen) atoms. The minimum Gasteiger partial charge on any atom is -0.462 e. The fourth-order valence-electron chi connectivity index (χ4n) is 1.47. The SMILES string of the molecule is Nc1cc(Cl)c(Cl)cc1C=C1CCOC1=O. The highest BCUT2D eigenvalue weighted by molar-refractivity contribution is 6.42. The molecular weight excluding hydrogens is 249 g/mol. The number of halogens is 2. The third-order valence-electron chi connectivity index (χ3n) is 2.32. The highest BCUT2D eigenvalue weighted by Crippen LogP contribution is 2.29. The third-order valence-corrected chi connectivity index (χ3v) is 3.04. The summed E-state index contributed by atoms with van der Waals surface area (Å²) in [5.41, 5.74) is 7.55. The number of nitrogen functional groups attached to an aromatic ring is 1. The average Bonchev–Trinajstić information content (AvgIpc) is 2.61. The summed E-state index contributed by atoms with van der Waals surface area (Å²) in [6.07, 6.45) is 2.28. The fraction of sp³-hybridized carbons (Fsp3) is 0.182. The summed E-state index contributed by atoms with van der Waals surface area (Å²) in [6, 6.07) is 3.20. The molecule has 0 aliphatic carbocycles. The van der Waals surface area contributed by atoms with Gasteiger partial charge in [0.25, 0.3) is 0 Å². The zero-order valence-corrected chi connectivity index (χ0v) is 9.81. The van der Waals surface area contributed by atoms with Crippen LogP contribution in [0, 0.1) is 0 Å². The Kier molecular flexibility index (Phi) is 3.08. The maximum Gasteiger partial charge on any atom is 0.334 e. The first kappa shape index (κ1) is 11.3. The van der Waals surface area contributed by atoms with Crippen molar-refractivity contribution < 1.29 is 9.53 Å². The van der Waals surface area contributed by atoms with Gasteiger partial charge in [0.2, 0.25) is 0 Å². The van der Waals surface area contributed by atoms with Gasteiger partial charge in [0.15, 0.2) is 0 Å². The summed E-state index contributed by atoms with van der Waals surface area (Å²) >= 11 is 11.7. The number of benzene rings is 1. The van der Waals surface area contributed by atoms with Crippen molar-refractivity contribution in [2.45, 2.75) is 6.42 Å². The minimum atomic E-state index is -0.300. The number of hydrogen-bond acceptors (Lipinski definition) is 3. The highest BCUT2D eigenvalue weighted by atomic mass is 35.5. The van der Waals surface area contributed by atoms with Crippen LogP contribution >= 0.6 is 23.2 Å². The van der Waals surface area contributed by atoms with Gasteiger partial charge in [0.05, 0.1) is 16.7 Å². The van der Waals surface area contributed by atoms with Gasteiger partial charge < -0.3 is 10.5 Å². The van der Waals surface area contributed by atoms with E-state index >= 15 is 0 Å². The second kappa shape index (κ2) is 4.36. The number of cyclic esters (lactones) is 1. The van der Waals surface area contributed by atoms with E-state index in [4.69, 9.17) is 33.7 Å². The largest absolute Gasteiger partial charge is 0.462 e. The second-order valence-corrected chi connectivity index (χ2v) is 4.27. The van der Waals surface area contributed by atoms with Gasteiger partial charge in [-0.25, -0.2) is 4.79 Å². The molecule has 0 saturated carbocycles. The van der Waals surface area contributed by atoms with E-state index in [1.54, 1.807) is 18.2 Å². The van der Waals surface area contributed by atoms with Crippen LogP contribution in [0.2, 0.25) is 10.0 Å². The van der Waals surface area contributed by atoms with Crippen molar-refractivity contribution in [3.8, 4) is 0 Å².